The number of thiophene rings is 1. The van der Waals surface area contributed by atoms with E-state index in [0.717, 1.165) is 56.2 Å². The second kappa shape index (κ2) is 14.0. The van der Waals surface area contributed by atoms with Crippen LogP contribution < -0.4 is 20.4 Å². The van der Waals surface area contributed by atoms with Crippen LogP contribution in [0, 0.1) is 30.9 Å². The molecule has 2 saturated heterocycles. The standard InChI is InChI=1S/C40H38F2N6O4S/c1-23-5-3-6-29(41)32(23)46-38(50)35-31(42)27-14-18-48(30-7-4-17-43-33(30)34(27)53-35)39(51)25-9-11-26(12-10-25)45-37(49)28-13-8-24(2)44-36(28)47-21-40(22-47)15-19-52-20-16-40/h3-13,17,39,51H,14-16,18-22H2,1-2H3,(H,45,49)(H,46,50). The topological polar surface area (TPSA) is 120 Å². The minimum Gasteiger partial charge on any atom is -0.381 e. The Hall–Kier alpha value is -5.24. The van der Waals surface area contributed by atoms with Crippen LogP contribution in [0.15, 0.2) is 72.9 Å². The van der Waals surface area contributed by atoms with Gasteiger partial charge in [-0.15, -0.1) is 11.3 Å². The summed E-state index contributed by atoms with van der Waals surface area (Å²) < 4.78 is 36.0. The quantitative estimate of drug-likeness (QED) is 0.160. The molecule has 2 amide bonds. The van der Waals surface area contributed by atoms with Crippen molar-refractivity contribution in [1.82, 2.24) is 9.97 Å². The number of ether oxygens (including phenoxy) is 1. The van der Waals surface area contributed by atoms with E-state index in [9.17, 15) is 19.1 Å². The van der Waals surface area contributed by atoms with E-state index in [2.05, 4.69) is 20.5 Å². The number of hydrogen-bond donors (Lipinski definition) is 3. The molecule has 1 atom stereocenters. The van der Waals surface area contributed by atoms with Crippen LogP contribution in [0.4, 0.5) is 31.7 Å². The predicted molar refractivity (Wildman–Crippen MR) is 201 cm³/mol. The average molecular weight is 737 g/mol. The molecule has 0 radical (unpaired) electrons. The number of benzene rings is 2. The van der Waals surface area contributed by atoms with Crippen molar-refractivity contribution in [2.45, 2.75) is 39.3 Å². The number of pyridine rings is 2. The predicted octanol–water partition coefficient (Wildman–Crippen LogP) is 7.28. The zero-order valence-corrected chi connectivity index (χ0v) is 30.1. The van der Waals surface area contributed by atoms with Crippen LogP contribution >= 0.6 is 11.3 Å². The first-order valence-electron chi connectivity index (χ1n) is 17.6. The van der Waals surface area contributed by atoms with Gasteiger partial charge in [0.05, 0.1) is 21.8 Å². The number of nitrogens with zero attached hydrogens (tertiary/aromatic N) is 4. The highest BCUT2D eigenvalue weighted by molar-refractivity contribution is 7.17. The number of carbonyl (C=O) groups excluding carboxylic acids is 2. The van der Waals surface area contributed by atoms with Crippen LogP contribution in [-0.2, 0) is 11.2 Å². The zero-order chi connectivity index (χ0) is 36.9. The van der Waals surface area contributed by atoms with Crippen molar-refractivity contribution in [1.29, 1.82) is 0 Å². The number of anilines is 4. The summed E-state index contributed by atoms with van der Waals surface area (Å²) in [6.45, 7) is 7.03. The number of nitrogens with one attached hydrogen (secondary N) is 2. The fourth-order valence-electron chi connectivity index (χ4n) is 7.49. The molecule has 53 heavy (non-hydrogen) atoms. The summed E-state index contributed by atoms with van der Waals surface area (Å²) in [5, 5.41) is 17.2. The van der Waals surface area contributed by atoms with Crippen molar-refractivity contribution < 1.29 is 28.2 Å². The lowest BCUT2D eigenvalue weighted by molar-refractivity contribution is -0.000518. The number of fused-ring (bicyclic) bond motifs is 3. The first-order chi connectivity index (χ1) is 25.6. The number of aliphatic hydroxyl groups is 1. The summed E-state index contributed by atoms with van der Waals surface area (Å²) in [7, 11) is 0. The van der Waals surface area contributed by atoms with Gasteiger partial charge in [0.1, 0.15) is 22.2 Å². The Balaban J connectivity index is 0.987. The molecular formula is C40H38F2N6O4S. The van der Waals surface area contributed by atoms with Crippen molar-refractivity contribution >= 4 is 46.0 Å². The van der Waals surface area contributed by atoms with Crippen molar-refractivity contribution in [2.75, 3.05) is 53.3 Å². The highest BCUT2D eigenvalue weighted by Gasteiger charge is 2.45. The van der Waals surface area contributed by atoms with Gasteiger partial charge < -0.3 is 30.3 Å². The van der Waals surface area contributed by atoms with Crippen molar-refractivity contribution in [3.63, 3.8) is 0 Å². The van der Waals surface area contributed by atoms with Gasteiger partial charge in [-0.1, -0.05) is 24.3 Å². The van der Waals surface area contributed by atoms with Crippen LogP contribution in [0.3, 0.4) is 0 Å². The van der Waals surface area contributed by atoms with Crippen LogP contribution in [-0.4, -0.2) is 59.7 Å². The van der Waals surface area contributed by atoms with Gasteiger partial charge in [-0.25, -0.2) is 13.8 Å². The van der Waals surface area contributed by atoms with E-state index in [0.29, 0.717) is 50.0 Å². The fourth-order valence-corrected chi connectivity index (χ4v) is 8.62. The molecule has 8 rings (SSSR count). The molecule has 3 aliphatic heterocycles. The van der Waals surface area contributed by atoms with Crippen LogP contribution in [0.25, 0.3) is 10.6 Å². The van der Waals surface area contributed by atoms with E-state index < -0.39 is 23.8 Å². The lowest BCUT2D eigenvalue weighted by atomic mass is 9.73. The molecule has 1 spiro atoms. The second-order valence-electron chi connectivity index (χ2n) is 14.0. The summed E-state index contributed by atoms with van der Waals surface area (Å²) in [5.41, 5.74) is 4.51. The Morgan fingerprint density at radius 1 is 0.962 bits per heavy atom. The first-order valence-corrected chi connectivity index (χ1v) is 18.4. The molecule has 0 aliphatic carbocycles. The Morgan fingerprint density at radius 3 is 2.49 bits per heavy atom. The minimum absolute atomic E-state index is 0.00563. The van der Waals surface area contributed by atoms with E-state index in [4.69, 9.17) is 9.72 Å². The van der Waals surface area contributed by atoms with Crippen molar-refractivity contribution in [3.8, 4) is 10.6 Å². The van der Waals surface area contributed by atoms with E-state index >= 15 is 4.39 Å². The molecule has 3 aliphatic rings. The number of para-hydroxylation sites is 1. The Bertz CT molecular complexity index is 2190. The van der Waals surface area contributed by atoms with Gasteiger partial charge in [0.2, 0.25) is 0 Å². The summed E-state index contributed by atoms with van der Waals surface area (Å²) in [6.07, 6.45) is 2.67. The van der Waals surface area contributed by atoms with Gasteiger partial charge in [0.25, 0.3) is 11.8 Å². The number of aliphatic hydroxyl groups excluding tert-OH is 1. The van der Waals surface area contributed by atoms with E-state index in [1.54, 1.807) is 66.6 Å². The molecule has 5 aromatic rings. The summed E-state index contributed by atoms with van der Waals surface area (Å²) in [4.78, 5) is 40.3. The van der Waals surface area contributed by atoms with E-state index in [1.807, 2.05) is 19.1 Å². The Kier molecular flexibility index (Phi) is 9.17. The summed E-state index contributed by atoms with van der Waals surface area (Å²) >= 11 is 0.953. The Labute approximate surface area is 309 Å². The average Bonchev–Trinajstić information content (AvgIpc) is 3.38. The molecule has 0 bridgehead atoms. The molecule has 3 aromatic heterocycles. The zero-order valence-electron chi connectivity index (χ0n) is 29.3. The molecule has 3 N–H and O–H groups in total. The number of aromatic nitrogens is 2. The third-order valence-electron chi connectivity index (χ3n) is 10.4. The molecule has 10 nitrogen and oxygen atoms in total. The molecule has 0 saturated carbocycles. The third-order valence-corrected chi connectivity index (χ3v) is 11.7. The van der Waals surface area contributed by atoms with Gasteiger partial charge in [0, 0.05) is 67.0 Å². The first kappa shape index (κ1) is 34.8. The number of amides is 2. The number of halogens is 2. The van der Waals surface area contributed by atoms with Crippen LogP contribution in [0.5, 0.6) is 0 Å². The van der Waals surface area contributed by atoms with Gasteiger partial charge >= 0.3 is 0 Å². The normalized spacial score (nSPS) is 16.6. The molecule has 13 heteroatoms. The van der Waals surface area contributed by atoms with E-state index in [-0.39, 0.29) is 34.9 Å². The van der Waals surface area contributed by atoms with Gasteiger partial charge in [-0.05, 0) is 81.1 Å². The Morgan fingerprint density at radius 2 is 1.74 bits per heavy atom. The number of carbonyl (C=O) groups is 2. The molecular weight excluding hydrogens is 699 g/mol. The lowest BCUT2D eigenvalue weighted by Crippen LogP contribution is -2.59. The summed E-state index contributed by atoms with van der Waals surface area (Å²) in [6, 6.07) is 18.6. The number of aryl methyl sites for hydroxylation is 2. The molecule has 272 valence electrons. The van der Waals surface area contributed by atoms with Crippen molar-refractivity contribution in [2.24, 2.45) is 5.41 Å². The highest BCUT2D eigenvalue weighted by atomic mass is 32.1. The lowest BCUT2D eigenvalue weighted by Gasteiger charge is -2.53. The number of hydrogen-bond acceptors (Lipinski definition) is 9. The molecule has 2 fully saturated rings. The van der Waals surface area contributed by atoms with Gasteiger partial charge in [-0.3, -0.25) is 14.6 Å². The van der Waals surface area contributed by atoms with E-state index in [1.165, 1.54) is 6.07 Å². The third kappa shape index (κ3) is 6.53. The second-order valence-corrected chi connectivity index (χ2v) is 15.0. The maximum atomic E-state index is 16.0. The SMILES string of the molecule is Cc1ccc(C(=O)Nc2ccc(C(O)N3CCc4c(sc(C(=O)Nc5c(C)cccc5F)c4F)-c4ncccc43)cc2)c(N2CC3(CCOCC3)C2)n1. The van der Waals surface area contributed by atoms with Crippen LogP contribution in [0.1, 0.15) is 61.5 Å². The van der Waals surface area contributed by atoms with Gasteiger partial charge in [-0.2, -0.15) is 0 Å². The smallest absolute Gasteiger partial charge is 0.268 e. The fraction of sp³-hybridized carbons (Fsp3) is 0.300. The van der Waals surface area contributed by atoms with Gasteiger partial charge in [0.15, 0.2) is 12.0 Å². The largest absolute Gasteiger partial charge is 0.381 e. The maximum absolute atomic E-state index is 16.0. The molecule has 1 unspecified atom stereocenters. The molecule has 2 aromatic carbocycles. The van der Waals surface area contributed by atoms with Crippen LogP contribution in [0.2, 0.25) is 0 Å². The van der Waals surface area contributed by atoms with Crippen molar-refractivity contribution in [3.05, 3.63) is 117 Å². The maximum Gasteiger partial charge on any atom is 0.268 e. The number of rotatable bonds is 7. The molecule has 6 heterocycles. The monoisotopic (exact) mass is 736 g/mol. The minimum atomic E-state index is -1.12. The highest BCUT2D eigenvalue weighted by Crippen LogP contribution is 2.45. The summed E-state index contributed by atoms with van der Waals surface area (Å²) in [5.74, 6) is -1.63.